The highest BCUT2D eigenvalue weighted by Crippen LogP contribution is 2.17. The first kappa shape index (κ1) is 13.1. The third-order valence-corrected chi connectivity index (χ3v) is 2.88. The van der Waals surface area contributed by atoms with Gasteiger partial charge in [0, 0.05) is 26.7 Å². The Hall–Kier alpha value is -2.30. The molecule has 0 fully saturated rings. The van der Waals surface area contributed by atoms with Gasteiger partial charge >= 0.3 is 0 Å². The Morgan fingerprint density at radius 3 is 2.74 bits per heavy atom. The zero-order valence-corrected chi connectivity index (χ0v) is 11.5. The second kappa shape index (κ2) is 5.56. The zero-order chi connectivity index (χ0) is 13.8. The molecule has 0 atom stereocenters. The van der Waals surface area contributed by atoms with Crippen LogP contribution in [0.1, 0.15) is 11.1 Å². The van der Waals surface area contributed by atoms with Crippen LogP contribution in [0.4, 0.5) is 17.6 Å². The van der Waals surface area contributed by atoms with Gasteiger partial charge in [0.25, 0.3) is 0 Å². The van der Waals surface area contributed by atoms with Gasteiger partial charge in [-0.05, 0) is 12.5 Å². The first-order chi connectivity index (χ1) is 9.08. The Kier molecular flexibility index (Phi) is 3.85. The van der Waals surface area contributed by atoms with E-state index in [1.807, 2.05) is 25.1 Å². The molecule has 0 aliphatic heterocycles. The highest BCUT2D eigenvalue weighted by molar-refractivity contribution is 5.52. The van der Waals surface area contributed by atoms with Gasteiger partial charge in [0.15, 0.2) is 0 Å². The number of anilines is 3. The number of nitrogens with two attached hydrogens (primary N) is 1. The summed E-state index contributed by atoms with van der Waals surface area (Å²) in [5, 5.41) is 2.98. The summed E-state index contributed by atoms with van der Waals surface area (Å²) in [5.41, 5.74) is 8.20. The number of nitrogens with one attached hydrogen (secondary N) is 1. The van der Waals surface area contributed by atoms with Gasteiger partial charge < -0.3 is 16.0 Å². The Labute approximate surface area is 113 Å². The van der Waals surface area contributed by atoms with Crippen LogP contribution in [0.15, 0.2) is 30.3 Å². The molecule has 0 spiro atoms. The smallest absolute Gasteiger partial charge is 0.223 e. The highest BCUT2D eigenvalue weighted by Gasteiger charge is 2.07. The van der Waals surface area contributed by atoms with Crippen LogP contribution in [-0.4, -0.2) is 24.1 Å². The first-order valence-corrected chi connectivity index (χ1v) is 6.17. The van der Waals surface area contributed by atoms with E-state index in [1.54, 1.807) is 0 Å². The maximum atomic E-state index is 5.70. The Bertz CT molecular complexity index is 568. The molecule has 1 heterocycles. The Balaban J connectivity index is 2.20. The summed E-state index contributed by atoms with van der Waals surface area (Å²) < 4.78 is 0. The largest absolute Gasteiger partial charge is 0.373 e. The quantitative estimate of drug-likeness (QED) is 0.877. The standard InChI is InChI=1S/C14H19N5/c1-10-5-4-6-11(7-10)9-19(3)13-8-12(16-2)17-14(15)18-13/h4-8H,9H2,1-3H3,(H3,15,16,17,18). The lowest BCUT2D eigenvalue weighted by molar-refractivity contribution is 0.893. The molecule has 2 aromatic rings. The predicted octanol–water partition coefficient (Wildman–Crippen LogP) is 2.05. The highest BCUT2D eigenvalue weighted by atomic mass is 15.2. The molecule has 0 aliphatic rings. The average Bonchev–Trinajstić information content (AvgIpc) is 2.38. The van der Waals surface area contributed by atoms with Gasteiger partial charge in [-0.1, -0.05) is 29.8 Å². The van der Waals surface area contributed by atoms with Crippen molar-refractivity contribution in [2.24, 2.45) is 0 Å². The normalized spacial score (nSPS) is 10.3. The summed E-state index contributed by atoms with van der Waals surface area (Å²) >= 11 is 0. The second-order valence-corrected chi connectivity index (χ2v) is 4.56. The van der Waals surface area contributed by atoms with Crippen LogP contribution in [0, 0.1) is 6.92 Å². The van der Waals surface area contributed by atoms with Gasteiger partial charge in [-0.2, -0.15) is 9.97 Å². The maximum absolute atomic E-state index is 5.70. The van der Waals surface area contributed by atoms with Crippen molar-refractivity contribution >= 4 is 17.6 Å². The fourth-order valence-electron chi connectivity index (χ4n) is 1.94. The second-order valence-electron chi connectivity index (χ2n) is 4.56. The van der Waals surface area contributed by atoms with Crippen molar-refractivity contribution in [2.75, 3.05) is 30.0 Å². The number of hydrogen-bond acceptors (Lipinski definition) is 5. The van der Waals surface area contributed by atoms with Crippen molar-refractivity contribution in [3.8, 4) is 0 Å². The molecule has 1 aromatic carbocycles. The molecule has 5 nitrogen and oxygen atoms in total. The number of aryl methyl sites for hydroxylation is 1. The molecule has 0 saturated heterocycles. The summed E-state index contributed by atoms with van der Waals surface area (Å²) in [6.45, 7) is 2.87. The molecule has 5 heteroatoms. The summed E-state index contributed by atoms with van der Waals surface area (Å²) in [4.78, 5) is 10.4. The molecular formula is C14H19N5. The minimum absolute atomic E-state index is 0.276. The summed E-state index contributed by atoms with van der Waals surface area (Å²) in [7, 11) is 3.80. The van der Waals surface area contributed by atoms with Crippen LogP contribution in [0.2, 0.25) is 0 Å². The fraction of sp³-hybridized carbons (Fsp3) is 0.286. The van der Waals surface area contributed by atoms with Crippen molar-refractivity contribution in [1.29, 1.82) is 0 Å². The molecular weight excluding hydrogens is 238 g/mol. The monoisotopic (exact) mass is 257 g/mol. The van der Waals surface area contributed by atoms with E-state index in [-0.39, 0.29) is 5.95 Å². The summed E-state index contributed by atoms with van der Waals surface area (Å²) in [5.74, 6) is 1.80. The van der Waals surface area contributed by atoms with Crippen molar-refractivity contribution in [3.05, 3.63) is 41.5 Å². The molecule has 19 heavy (non-hydrogen) atoms. The van der Waals surface area contributed by atoms with Crippen LogP contribution in [0.3, 0.4) is 0 Å². The van der Waals surface area contributed by atoms with E-state index in [0.717, 1.165) is 18.2 Å². The van der Waals surface area contributed by atoms with E-state index in [0.29, 0.717) is 0 Å². The minimum Gasteiger partial charge on any atom is -0.373 e. The van der Waals surface area contributed by atoms with Crippen molar-refractivity contribution in [1.82, 2.24) is 9.97 Å². The molecule has 0 aliphatic carbocycles. The number of nitrogen functional groups attached to an aromatic ring is 1. The van der Waals surface area contributed by atoms with E-state index in [9.17, 15) is 0 Å². The van der Waals surface area contributed by atoms with Gasteiger partial charge in [-0.3, -0.25) is 0 Å². The van der Waals surface area contributed by atoms with Gasteiger partial charge in [0.2, 0.25) is 5.95 Å². The van der Waals surface area contributed by atoms with E-state index < -0.39 is 0 Å². The van der Waals surface area contributed by atoms with Crippen molar-refractivity contribution in [3.63, 3.8) is 0 Å². The molecule has 1 aromatic heterocycles. The Morgan fingerprint density at radius 1 is 1.26 bits per heavy atom. The Morgan fingerprint density at radius 2 is 2.05 bits per heavy atom. The van der Waals surface area contributed by atoms with E-state index in [4.69, 9.17) is 5.73 Å². The minimum atomic E-state index is 0.276. The average molecular weight is 257 g/mol. The van der Waals surface area contributed by atoms with Crippen molar-refractivity contribution < 1.29 is 0 Å². The molecule has 0 unspecified atom stereocenters. The third kappa shape index (κ3) is 3.34. The summed E-state index contributed by atoms with van der Waals surface area (Å²) in [6.07, 6.45) is 0. The first-order valence-electron chi connectivity index (χ1n) is 6.17. The van der Waals surface area contributed by atoms with Gasteiger partial charge in [0.05, 0.1) is 0 Å². The van der Waals surface area contributed by atoms with Gasteiger partial charge in [0.1, 0.15) is 11.6 Å². The summed E-state index contributed by atoms with van der Waals surface area (Å²) in [6, 6.07) is 10.3. The van der Waals surface area contributed by atoms with Crippen LogP contribution in [0.25, 0.3) is 0 Å². The lowest BCUT2D eigenvalue weighted by Crippen LogP contribution is -2.19. The maximum Gasteiger partial charge on any atom is 0.223 e. The van der Waals surface area contributed by atoms with E-state index in [2.05, 4.69) is 46.5 Å². The number of hydrogen-bond donors (Lipinski definition) is 2. The zero-order valence-electron chi connectivity index (χ0n) is 11.5. The number of rotatable bonds is 4. The van der Waals surface area contributed by atoms with Crippen LogP contribution >= 0.6 is 0 Å². The SMILES string of the molecule is CNc1cc(N(C)Cc2cccc(C)c2)nc(N)n1. The van der Waals surface area contributed by atoms with Crippen LogP contribution in [-0.2, 0) is 6.54 Å². The van der Waals surface area contributed by atoms with E-state index in [1.165, 1.54) is 11.1 Å². The molecule has 0 saturated carbocycles. The third-order valence-electron chi connectivity index (χ3n) is 2.88. The van der Waals surface area contributed by atoms with E-state index >= 15 is 0 Å². The number of benzene rings is 1. The van der Waals surface area contributed by atoms with Crippen LogP contribution in [0.5, 0.6) is 0 Å². The predicted molar refractivity (Wildman–Crippen MR) is 79.3 cm³/mol. The molecule has 0 radical (unpaired) electrons. The van der Waals surface area contributed by atoms with Gasteiger partial charge in [-0.25, -0.2) is 0 Å². The van der Waals surface area contributed by atoms with Crippen molar-refractivity contribution in [2.45, 2.75) is 13.5 Å². The number of aromatic nitrogens is 2. The number of nitrogens with zero attached hydrogens (tertiary/aromatic N) is 3. The fourth-order valence-corrected chi connectivity index (χ4v) is 1.94. The molecule has 100 valence electrons. The van der Waals surface area contributed by atoms with Crippen LogP contribution < -0.4 is 16.0 Å². The molecule has 2 rings (SSSR count). The topological polar surface area (TPSA) is 67.1 Å². The molecule has 3 N–H and O–H groups in total. The molecule has 0 bridgehead atoms. The lowest BCUT2D eigenvalue weighted by atomic mass is 10.1. The molecule has 0 amide bonds. The lowest BCUT2D eigenvalue weighted by Gasteiger charge is -2.19. The van der Waals surface area contributed by atoms with Gasteiger partial charge in [-0.15, -0.1) is 0 Å².